The zero-order valence-corrected chi connectivity index (χ0v) is 11.2. The highest BCUT2D eigenvalue weighted by molar-refractivity contribution is 5.99. The second kappa shape index (κ2) is 4.44. The molecule has 0 atom stereocenters. The number of hydrogen-bond acceptors (Lipinski definition) is 4. The van der Waals surface area contributed by atoms with Gasteiger partial charge in [0.15, 0.2) is 12.1 Å². The summed E-state index contributed by atoms with van der Waals surface area (Å²) in [5.74, 6) is 0.524. The first kappa shape index (κ1) is 12.1. The van der Waals surface area contributed by atoms with E-state index in [1.54, 1.807) is 0 Å². The monoisotopic (exact) mass is 283 g/mol. The standard InChI is InChI=1S/C15H13N3O3/c19-8-11-7-18(6-9-1-2-9)13-5-10(3-4-12(11)13)14-16-15(20)21-17-14/h3-5,7-9H,1-2,6H2,(H,16,17,20). The number of rotatable bonds is 4. The Labute approximate surface area is 119 Å². The lowest BCUT2D eigenvalue weighted by atomic mass is 10.1. The summed E-state index contributed by atoms with van der Waals surface area (Å²) in [6.07, 6.45) is 5.26. The lowest BCUT2D eigenvalue weighted by molar-refractivity contribution is 0.112. The van der Waals surface area contributed by atoms with E-state index in [4.69, 9.17) is 0 Å². The summed E-state index contributed by atoms with van der Waals surface area (Å²) in [6.45, 7) is 0.920. The predicted octanol–water partition coefficient (Wildman–Crippen LogP) is 2.21. The Balaban J connectivity index is 1.88. The van der Waals surface area contributed by atoms with E-state index in [1.165, 1.54) is 12.8 Å². The van der Waals surface area contributed by atoms with E-state index in [1.807, 2.05) is 24.4 Å². The summed E-state index contributed by atoms with van der Waals surface area (Å²) in [7, 11) is 0. The zero-order valence-electron chi connectivity index (χ0n) is 11.2. The number of benzene rings is 1. The van der Waals surface area contributed by atoms with Crippen molar-refractivity contribution in [1.29, 1.82) is 0 Å². The molecule has 1 N–H and O–H groups in total. The van der Waals surface area contributed by atoms with Gasteiger partial charge in [-0.3, -0.25) is 14.3 Å². The minimum absolute atomic E-state index is 0.397. The summed E-state index contributed by atoms with van der Waals surface area (Å²) in [6, 6.07) is 5.63. The molecule has 0 unspecified atom stereocenters. The van der Waals surface area contributed by atoms with Gasteiger partial charge in [-0.05, 0) is 24.8 Å². The summed E-state index contributed by atoms with van der Waals surface area (Å²) in [5, 5.41) is 4.62. The highest BCUT2D eigenvalue weighted by Crippen LogP contribution is 2.33. The molecule has 2 heterocycles. The Morgan fingerprint density at radius 1 is 1.43 bits per heavy atom. The lowest BCUT2D eigenvalue weighted by Crippen LogP contribution is -1.98. The van der Waals surface area contributed by atoms with Crippen molar-refractivity contribution in [1.82, 2.24) is 14.7 Å². The summed E-state index contributed by atoms with van der Waals surface area (Å²) < 4.78 is 6.65. The smallest absolute Gasteiger partial charge is 0.346 e. The fourth-order valence-electron chi connectivity index (χ4n) is 2.65. The van der Waals surface area contributed by atoms with Crippen LogP contribution >= 0.6 is 0 Å². The molecule has 0 saturated heterocycles. The van der Waals surface area contributed by atoms with Crippen molar-refractivity contribution < 1.29 is 9.32 Å². The summed E-state index contributed by atoms with van der Waals surface area (Å²) in [5.41, 5.74) is 2.43. The molecule has 1 fully saturated rings. The van der Waals surface area contributed by atoms with Crippen LogP contribution in [-0.2, 0) is 6.54 Å². The van der Waals surface area contributed by atoms with Gasteiger partial charge in [0, 0.05) is 34.8 Å². The molecule has 1 aliphatic rings. The van der Waals surface area contributed by atoms with Crippen LogP contribution in [0.1, 0.15) is 23.2 Å². The van der Waals surface area contributed by atoms with E-state index in [9.17, 15) is 9.59 Å². The fraction of sp³-hybridized carbons (Fsp3) is 0.267. The highest BCUT2D eigenvalue weighted by atomic mass is 16.5. The van der Waals surface area contributed by atoms with Crippen LogP contribution in [0, 0.1) is 5.92 Å². The number of aldehydes is 1. The molecule has 21 heavy (non-hydrogen) atoms. The number of aromatic nitrogens is 3. The van der Waals surface area contributed by atoms with Crippen molar-refractivity contribution in [3.63, 3.8) is 0 Å². The van der Waals surface area contributed by atoms with Gasteiger partial charge in [-0.25, -0.2) is 4.79 Å². The van der Waals surface area contributed by atoms with E-state index in [0.717, 1.165) is 29.3 Å². The molecule has 6 nitrogen and oxygen atoms in total. The Kier molecular flexibility index (Phi) is 2.57. The van der Waals surface area contributed by atoms with Crippen LogP contribution in [0.2, 0.25) is 0 Å². The Morgan fingerprint density at radius 2 is 2.29 bits per heavy atom. The van der Waals surface area contributed by atoms with Crippen molar-refractivity contribution in [3.05, 3.63) is 40.5 Å². The van der Waals surface area contributed by atoms with Crippen molar-refractivity contribution in [3.8, 4) is 11.4 Å². The number of fused-ring (bicyclic) bond motifs is 1. The van der Waals surface area contributed by atoms with Crippen molar-refractivity contribution in [2.45, 2.75) is 19.4 Å². The molecule has 3 aromatic rings. The number of hydrogen-bond donors (Lipinski definition) is 1. The molecular weight excluding hydrogens is 270 g/mol. The Hall–Kier alpha value is -2.63. The van der Waals surface area contributed by atoms with Crippen LogP contribution in [0.15, 0.2) is 33.7 Å². The second-order valence-electron chi connectivity index (χ2n) is 5.47. The van der Waals surface area contributed by atoms with Gasteiger partial charge in [-0.1, -0.05) is 17.3 Å². The largest absolute Gasteiger partial charge is 0.439 e. The van der Waals surface area contributed by atoms with Crippen molar-refractivity contribution >= 4 is 17.2 Å². The zero-order chi connectivity index (χ0) is 14.4. The highest BCUT2D eigenvalue weighted by Gasteiger charge is 2.23. The van der Waals surface area contributed by atoms with Crippen LogP contribution in [0.25, 0.3) is 22.3 Å². The second-order valence-corrected chi connectivity index (χ2v) is 5.47. The lowest BCUT2D eigenvalue weighted by Gasteiger charge is -2.04. The maximum Gasteiger partial charge on any atom is 0.439 e. The first-order chi connectivity index (χ1) is 10.2. The van der Waals surface area contributed by atoms with Gasteiger partial charge in [0.1, 0.15) is 0 Å². The van der Waals surface area contributed by atoms with E-state index in [-0.39, 0.29) is 0 Å². The minimum Gasteiger partial charge on any atom is -0.346 e. The maximum atomic E-state index is 11.2. The minimum atomic E-state index is -0.577. The number of carbonyl (C=O) groups is 1. The number of aromatic amines is 1. The van der Waals surface area contributed by atoms with Gasteiger partial charge in [-0.15, -0.1) is 0 Å². The first-order valence-corrected chi connectivity index (χ1v) is 6.89. The van der Waals surface area contributed by atoms with Crippen molar-refractivity contribution in [2.24, 2.45) is 5.92 Å². The van der Waals surface area contributed by atoms with E-state index in [0.29, 0.717) is 17.3 Å². The van der Waals surface area contributed by atoms with Crippen LogP contribution in [0.4, 0.5) is 0 Å². The molecular formula is C15H13N3O3. The third-order valence-corrected chi connectivity index (χ3v) is 3.91. The maximum absolute atomic E-state index is 11.2. The molecule has 0 amide bonds. The molecule has 1 saturated carbocycles. The van der Waals surface area contributed by atoms with Gasteiger partial charge in [0.05, 0.1) is 0 Å². The Morgan fingerprint density at radius 3 is 2.95 bits per heavy atom. The predicted molar refractivity (Wildman–Crippen MR) is 76.2 cm³/mol. The molecule has 1 aliphatic carbocycles. The van der Waals surface area contributed by atoms with E-state index >= 15 is 0 Å². The third-order valence-electron chi connectivity index (χ3n) is 3.91. The van der Waals surface area contributed by atoms with E-state index in [2.05, 4.69) is 19.2 Å². The molecule has 4 rings (SSSR count). The number of nitrogens with one attached hydrogen (secondary N) is 1. The first-order valence-electron chi connectivity index (χ1n) is 6.89. The SMILES string of the molecule is O=Cc1cn(CC2CC2)c2cc(-c3noc(=O)[nH]3)ccc12. The molecule has 1 aromatic carbocycles. The molecule has 0 radical (unpaired) electrons. The van der Waals surface area contributed by atoms with Crippen LogP contribution < -0.4 is 5.76 Å². The van der Waals surface area contributed by atoms with Crippen LogP contribution in [0.5, 0.6) is 0 Å². The summed E-state index contributed by atoms with van der Waals surface area (Å²) in [4.78, 5) is 24.8. The van der Waals surface area contributed by atoms with Crippen LogP contribution in [-0.4, -0.2) is 21.0 Å². The van der Waals surface area contributed by atoms with Gasteiger partial charge < -0.3 is 4.57 Å². The number of carbonyl (C=O) groups excluding carboxylic acids is 1. The normalized spacial score (nSPS) is 14.7. The number of H-pyrrole nitrogens is 1. The molecule has 0 bridgehead atoms. The van der Waals surface area contributed by atoms with Gasteiger partial charge in [0.2, 0.25) is 0 Å². The van der Waals surface area contributed by atoms with Crippen molar-refractivity contribution in [2.75, 3.05) is 0 Å². The third kappa shape index (κ3) is 2.08. The number of nitrogens with zero attached hydrogens (tertiary/aromatic N) is 2. The fourth-order valence-corrected chi connectivity index (χ4v) is 2.65. The molecule has 2 aromatic heterocycles. The molecule has 0 aliphatic heterocycles. The van der Waals surface area contributed by atoms with Crippen LogP contribution in [0.3, 0.4) is 0 Å². The topological polar surface area (TPSA) is 80.9 Å². The summed E-state index contributed by atoms with van der Waals surface area (Å²) >= 11 is 0. The van der Waals surface area contributed by atoms with Gasteiger partial charge in [-0.2, -0.15) is 0 Å². The van der Waals surface area contributed by atoms with E-state index < -0.39 is 5.76 Å². The quantitative estimate of drug-likeness (QED) is 0.744. The molecule has 106 valence electrons. The average molecular weight is 283 g/mol. The van der Waals surface area contributed by atoms with Gasteiger partial charge >= 0.3 is 5.76 Å². The molecule has 0 spiro atoms. The average Bonchev–Trinajstić information content (AvgIpc) is 3.10. The molecule has 6 heteroatoms. The van der Waals surface area contributed by atoms with Gasteiger partial charge in [0.25, 0.3) is 0 Å². The Bertz CT molecular complexity index is 883.